The first-order valence-corrected chi connectivity index (χ1v) is 7.08. The summed E-state index contributed by atoms with van der Waals surface area (Å²) < 4.78 is 5.80. The predicted molar refractivity (Wildman–Crippen MR) is 85.9 cm³/mol. The van der Waals surface area contributed by atoms with Gasteiger partial charge in [0.1, 0.15) is 17.5 Å². The van der Waals surface area contributed by atoms with Gasteiger partial charge >= 0.3 is 0 Å². The van der Waals surface area contributed by atoms with Gasteiger partial charge in [0.05, 0.1) is 17.8 Å². The van der Waals surface area contributed by atoms with Crippen LogP contribution >= 0.6 is 0 Å². The van der Waals surface area contributed by atoms with Crippen molar-refractivity contribution in [2.45, 2.75) is 20.8 Å². The third kappa shape index (κ3) is 3.08. The van der Waals surface area contributed by atoms with E-state index in [2.05, 4.69) is 24.9 Å². The van der Waals surface area contributed by atoms with Gasteiger partial charge < -0.3 is 9.64 Å². The molecule has 1 aromatic heterocycles. The lowest BCUT2D eigenvalue weighted by Gasteiger charge is -2.19. The molecule has 0 amide bonds. The fourth-order valence-corrected chi connectivity index (χ4v) is 2.36. The lowest BCUT2D eigenvalue weighted by atomic mass is 10.1. The summed E-state index contributed by atoms with van der Waals surface area (Å²) in [5.41, 5.74) is 3.21. The number of hydrogen-bond donors (Lipinski definition) is 0. The molecule has 0 unspecified atom stereocenters. The molecule has 110 valence electrons. The molecule has 0 radical (unpaired) electrons. The van der Waals surface area contributed by atoms with E-state index in [1.807, 2.05) is 44.1 Å². The summed E-state index contributed by atoms with van der Waals surface area (Å²) in [6, 6.07) is 8.00. The van der Waals surface area contributed by atoms with Gasteiger partial charge in [-0.1, -0.05) is 13.8 Å². The van der Waals surface area contributed by atoms with E-state index < -0.39 is 0 Å². The highest BCUT2D eigenvalue weighted by Crippen LogP contribution is 2.32. The zero-order valence-electron chi connectivity index (χ0n) is 13.3. The topological polar surface area (TPSA) is 49.1 Å². The molecule has 0 N–H and O–H groups in total. The average Bonchev–Trinajstić information content (AvgIpc) is 2.43. The molecule has 0 atom stereocenters. The van der Waals surface area contributed by atoms with Crippen LogP contribution in [0, 0.1) is 24.2 Å². The summed E-state index contributed by atoms with van der Waals surface area (Å²) in [4.78, 5) is 6.45. The Morgan fingerprint density at radius 1 is 1.33 bits per heavy atom. The molecule has 0 saturated heterocycles. The van der Waals surface area contributed by atoms with Gasteiger partial charge in [-0.05, 0) is 31.0 Å². The second-order valence-electron chi connectivity index (χ2n) is 5.82. The largest absolute Gasteiger partial charge is 0.493 e. The van der Waals surface area contributed by atoms with Gasteiger partial charge in [-0.15, -0.1) is 0 Å². The number of aromatic nitrogens is 1. The zero-order valence-corrected chi connectivity index (χ0v) is 13.3. The first kappa shape index (κ1) is 15.1. The number of pyridine rings is 1. The Balaban J connectivity index is 2.60. The van der Waals surface area contributed by atoms with Crippen LogP contribution in [0.25, 0.3) is 10.9 Å². The van der Waals surface area contributed by atoms with Crippen LogP contribution in [0.15, 0.2) is 18.2 Å². The van der Waals surface area contributed by atoms with Crippen LogP contribution in [-0.4, -0.2) is 25.7 Å². The van der Waals surface area contributed by atoms with Crippen molar-refractivity contribution < 1.29 is 4.74 Å². The first-order chi connectivity index (χ1) is 9.93. The Kier molecular flexibility index (Phi) is 4.32. The minimum absolute atomic E-state index is 0.474. The van der Waals surface area contributed by atoms with Crippen LogP contribution < -0.4 is 9.64 Å². The van der Waals surface area contributed by atoms with Crippen LogP contribution in [-0.2, 0) is 0 Å². The monoisotopic (exact) mass is 283 g/mol. The number of fused-ring (bicyclic) bond motifs is 1. The molecule has 0 spiro atoms. The van der Waals surface area contributed by atoms with Crippen molar-refractivity contribution in [2.75, 3.05) is 25.6 Å². The van der Waals surface area contributed by atoms with E-state index in [0.29, 0.717) is 18.2 Å². The highest BCUT2D eigenvalue weighted by atomic mass is 16.5. The third-order valence-electron chi connectivity index (χ3n) is 3.30. The number of rotatable bonds is 4. The molecule has 0 aliphatic heterocycles. The van der Waals surface area contributed by atoms with Crippen LogP contribution in [0.4, 0.5) is 5.69 Å². The maximum Gasteiger partial charge on any atom is 0.146 e. The highest BCUT2D eigenvalue weighted by Gasteiger charge is 2.14. The van der Waals surface area contributed by atoms with Crippen molar-refractivity contribution in [2.24, 2.45) is 5.92 Å². The molecule has 4 heteroatoms. The van der Waals surface area contributed by atoms with Gasteiger partial charge in [-0.25, -0.2) is 4.98 Å². The fourth-order valence-electron chi connectivity index (χ4n) is 2.36. The molecule has 0 saturated carbocycles. The second-order valence-corrected chi connectivity index (χ2v) is 5.82. The van der Waals surface area contributed by atoms with Crippen LogP contribution in [0.3, 0.4) is 0 Å². The Hall–Kier alpha value is -2.28. The molecule has 4 nitrogen and oxygen atoms in total. The molecule has 21 heavy (non-hydrogen) atoms. The maximum atomic E-state index is 9.23. The summed E-state index contributed by atoms with van der Waals surface area (Å²) in [5, 5.41) is 10.2. The summed E-state index contributed by atoms with van der Waals surface area (Å²) in [6.45, 7) is 6.86. The summed E-state index contributed by atoms with van der Waals surface area (Å²) in [7, 11) is 3.95. The molecule has 0 aliphatic carbocycles. The van der Waals surface area contributed by atoms with E-state index >= 15 is 0 Å². The van der Waals surface area contributed by atoms with E-state index in [1.54, 1.807) is 0 Å². The Morgan fingerprint density at radius 2 is 2.05 bits per heavy atom. The van der Waals surface area contributed by atoms with Gasteiger partial charge in [-0.3, -0.25) is 0 Å². The number of benzene rings is 1. The van der Waals surface area contributed by atoms with Crippen molar-refractivity contribution >= 4 is 16.6 Å². The van der Waals surface area contributed by atoms with Crippen molar-refractivity contribution in [3.8, 4) is 11.8 Å². The zero-order chi connectivity index (χ0) is 15.6. The summed E-state index contributed by atoms with van der Waals surface area (Å²) in [6.07, 6.45) is 0. The van der Waals surface area contributed by atoms with E-state index in [9.17, 15) is 5.26 Å². The lowest BCUT2D eigenvalue weighted by Crippen LogP contribution is -2.12. The van der Waals surface area contributed by atoms with Gasteiger partial charge in [-0.2, -0.15) is 5.26 Å². The second kappa shape index (κ2) is 6.01. The van der Waals surface area contributed by atoms with Gasteiger partial charge in [0.25, 0.3) is 0 Å². The number of nitriles is 1. The number of ether oxygens (including phenoxy) is 1. The SMILES string of the molecule is Cc1c(C#N)nc2ccc(OCC(C)C)cc2c1N(C)C. The van der Waals surface area contributed by atoms with Crippen molar-refractivity contribution in [1.29, 1.82) is 5.26 Å². The molecule has 2 aromatic rings. The molecule has 1 aromatic carbocycles. The minimum Gasteiger partial charge on any atom is -0.493 e. The van der Waals surface area contributed by atoms with E-state index in [0.717, 1.165) is 27.9 Å². The normalized spacial score (nSPS) is 10.7. The van der Waals surface area contributed by atoms with E-state index in [4.69, 9.17) is 4.74 Å². The van der Waals surface area contributed by atoms with E-state index in [1.165, 1.54) is 0 Å². The highest BCUT2D eigenvalue weighted by molar-refractivity contribution is 5.95. The minimum atomic E-state index is 0.474. The smallest absolute Gasteiger partial charge is 0.146 e. The molecular formula is C17H21N3O. The predicted octanol–water partition coefficient (Wildman–Crippen LogP) is 3.52. The van der Waals surface area contributed by atoms with Crippen LogP contribution in [0.5, 0.6) is 5.75 Å². The first-order valence-electron chi connectivity index (χ1n) is 7.08. The van der Waals surface area contributed by atoms with Crippen molar-refractivity contribution in [1.82, 2.24) is 4.98 Å². The van der Waals surface area contributed by atoms with Gasteiger partial charge in [0.2, 0.25) is 0 Å². The molecular weight excluding hydrogens is 262 g/mol. The molecule has 1 heterocycles. The van der Waals surface area contributed by atoms with Gasteiger partial charge in [0, 0.05) is 25.0 Å². The Morgan fingerprint density at radius 3 is 2.62 bits per heavy atom. The molecule has 0 aliphatic rings. The summed E-state index contributed by atoms with van der Waals surface area (Å²) in [5.74, 6) is 1.32. The third-order valence-corrected chi connectivity index (χ3v) is 3.30. The summed E-state index contributed by atoms with van der Waals surface area (Å²) >= 11 is 0. The number of hydrogen-bond acceptors (Lipinski definition) is 4. The van der Waals surface area contributed by atoms with Crippen molar-refractivity contribution in [3.05, 3.63) is 29.5 Å². The van der Waals surface area contributed by atoms with E-state index in [-0.39, 0.29) is 0 Å². The number of nitrogens with zero attached hydrogens (tertiary/aromatic N) is 3. The van der Waals surface area contributed by atoms with Gasteiger partial charge in [0.15, 0.2) is 0 Å². The quantitative estimate of drug-likeness (QED) is 0.861. The van der Waals surface area contributed by atoms with Crippen LogP contribution in [0.2, 0.25) is 0 Å². The fraction of sp³-hybridized carbons (Fsp3) is 0.412. The average molecular weight is 283 g/mol. The standard InChI is InChI=1S/C17H21N3O/c1-11(2)10-21-13-6-7-15-14(8-13)17(20(4)5)12(3)16(9-18)19-15/h6-8,11H,10H2,1-5H3. The maximum absolute atomic E-state index is 9.23. The molecule has 0 fully saturated rings. The Bertz CT molecular complexity index is 699. The van der Waals surface area contributed by atoms with Crippen molar-refractivity contribution in [3.63, 3.8) is 0 Å². The van der Waals surface area contributed by atoms with Crippen LogP contribution in [0.1, 0.15) is 25.1 Å². The Labute approximate surface area is 126 Å². The molecule has 2 rings (SSSR count). The molecule has 0 bridgehead atoms. The lowest BCUT2D eigenvalue weighted by molar-refractivity contribution is 0.271. The number of anilines is 1.